The predicted octanol–water partition coefficient (Wildman–Crippen LogP) is 3.44. The summed E-state index contributed by atoms with van der Waals surface area (Å²) < 4.78 is 5.21. The molecule has 0 saturated carbocycles. The fourth-order valence-electron chi connectivity index (χ4n) is 2.46. The Hall–Kier alpha value is -2.04. The third kappa shape index (κ3) is 5.25. The molecule has 0 N–H and O–H groups in total. The van der Waals surface area contributed by atoms with E-state index in [1.165, 1.54) is 0 Å². The molecule has 4 nitrogen and oxygen atoms in total. The highest BCUT2D eigenvalue weighted by molar-refractivity contribution is 6.31. The molecule has 0 radical (unpaired) electrons. The first-order valence-corrected chi connectivity index (χ1v) is 8.16. The van der Waals surface area contributed by atoms with E-state index in [2.05, 4.69) is 0 Å². The molecule has 128 valence electrons. The maximum absolute atomic E-state index is 12.4. The number of hydrogen-bond donors (Lipinski definition) is 0. The number of carbonyl (C=O) groups excluding carboxylic acids is 1. The van der Waals surface area contributed by atoms with Crippen molar-refractivity contribution in [2.24, 2.45) is 0 Å². The smallest absolute Gasteiger partial charge is 0.236 e. The van der Waals surface area contributed by atoms with Crippen LogP contribution in [-0.2, 0) is 17.9 Å². The Morgan fingerprint density at radius 1 is 1.08 bits per heavy atom. The zero-order valence-electron chi connectivity index (χ0n) is 14.3. The van der Waals surface area contributed by atoms with Crippen molar-refractivity contribution in [3.05, 3.63) is 64.7 Å². The van der Waals surface area contributed by atoms with Gasteiger partial charge in [0.2, 0.25) is 5.91 Å². The highest BCUT2D eigenvalue weighted by Gasteiger charge is 2.13. The van der Waals surface area contributed by atoms with Crippen molar-refractivity contribution >= 4 is 17.5 Å². The highest BCUT2D eigenvalue weighted by atomic mass is 35.5. The van der Waals surface area contributed by atoms with Crippen LogP contribution in [0.5, 0.6) is 5.75 Å². The second-order valence-electron chi connectivity index (χ2n) is 5.87. The summed E-state index contributed by atoms with van der Waals surface area (Å²) in [6, 6.07) is 15.4. The standard InChI is InChI=1S/C19H23ClN2O2/c1-21(13-16-8-4-5-10-18(16)20)14-19(23)22(2)12-15-7-6-9-17(11-15)24-3/h4-11H,12-14H2,1-3H3. The van der Waals surface area contributed by atoms with Gasteiger partial charge in [-0.05, 0) is 36.4 Å². The predicted molar refractivity (Wildman–Crippen MR) is 97.3 cm³/mol. The topological polar surface area (TPSA) is 32.8 Å². The van der Waals surface area contributed by atoms with Crippen molar-refractivity contribution in [2.45, 2.75) is 13.1 Å². The van der Waals surface area contributed by atoms with E-state index in [-0.39, 0.29) is 5.91 Å². The molecule has 0 unspecified atom stereocenters. The van der Waals surface area contributed by atoms with Crippen LogP contribution in [0.15, 0.2) is 48.5 Å². The summed E-state index contributed by atoms with van der Waals surface area (Å²) in [6.07, 6.45) is 0. The monoisotopic (exact) mass is 346 g/mol. The molecule has 0 bridgehead atoms. The lowest BCUT2D eigenvalue weighted by atomic mass is 10.2. The lowest BCUT2D eigenvalue weighted by molar-refractivity contribution is -0.131. The number of likely N-dealkylation sites (N-methyl/N-ethyl adjacent to an activating group) is 2. The fourth-order valence-corrected chi connectivity index (χ4v) is 2.65. The van der Waals surface area contributed by atoms with Gasteiger partial charge in [0.15, 0.2) is 0 Å². The van der Waals surface area contributed by atoms with Crippen LogP contribution in [0, 0.1) is 0 Å². The van der Waals surface area contributed by atoms with E-state index in [4.69, 9.17) is 16.3 Å². The number of rotatable bonds is 7. The molecule has 5 heteroatoms. The van der Waals surface area contributed by atoms with E-state index >= 15 is 0 Å². The number of hydrogen-bond acceptors (Lipinski definition) is 3. The zero-order valence-corrected chi connectivity index (χ0v) is 15.1. The van der Waals surface area contributed by atoms with E-state index in [0.29, 0.717) is 19.6 Å². The molecule has 0 saturated heterocycles. The van der Waals surface area contributed by atoms with Gasteiger partial charge >= 0.3 is 0 Å². The summed E-state index contributed by atoms with van der Waals surface area (Å²) in [5.74, 6) is 0.858. The number of nitrogens with zero attached hydrogens (tertiary/aromatic N) is 2. The molecular weight excluding hydrogens is 324 g/mol. The van der Waals surface area contributed by atoms with E-state index in [1.54, 1.807) is 12.0 Å². The molecule has 0 fully saturated rings. The number of ether oxygens (including phenoxy) is 1. The quantitative estimate of drug-likeness (QED) is 0.770. The Balaban J connectivity index is 1.89. The molecule has 0 atom stereocenters. The summed E-state index contributed by atoms with van der Waals surface area (Å²) in [7, 11) is 5.36. The van der Waals surface area contributed by atoms with Crippen molar-refractivity contribution in [3.63, 3.8) is 0 Å². The number of methoxy groups -OCH3 is 1. The van der Waals surface area contributed by atoms with Crippen LogP contribution in [0.1, 0.15) is 11.1 Å². The van der Waals surface area contributed by atoms with E-state index in [0.717, 1.165) is 21.9 Å². The van der Waals surface area contributed by atoms with Crippen molar-refractivity contribution < 1.29 is 9.53 Å². The van der Waals surface area contributed by atoms with Crippen LogP contribution in [0.4, 0.5) is 0 Å². The van der Waals surface area contributed by atoms with Gasteiger partial charge in [0.05, 0.1) is 13.7 Å². The van der Waals surface area contributed by atoms with Crippen LogP contribution < -0.4 is 4.74 Å². The fraction of sp³-hybridized carbons (Fsp3) is 0.316. The molecule has 1 amide bonds. The van der Waals surface area contributed by atoms with Gasteiger partial charge in [0.1, 0.15) is 5.75 Å². The molecule has 0 heterocycles. The summed E-state index contributed by atoms with van der Waals surface area (Å²) in [5, 5.41) is 0.724. The zero-order chi connectivity index (χ0) is 17.5. The summed E-state index contributed by atoms with van der Waals surface area (Å²) >= 11 is 6.17. The molecule has 0 aromatic heterocycles. The SMILES string of the molecule is COc1cccc(CN(C)C(=O)CN(C)Cc2ccccc2Cl)c1. The number of amides is 1. The first-order valence-electron chi connectivity index (χ1n) is 7.78. The minimum atomic E-state index is 0.0624. The number of benzene rings is 2. The lowest BCUT2D eigenvalue weighted by Gasteiger charge is -2.22. The molecule has 2 aromatic rings. The van der Waals surface area contributed by atoms with E-state index < -0.39 is 0 Å². The van der Waals surface area contributed by atoms with Crippen molar-refractivity contribution in [1.29, 1.82) is 0 Å². The second kappa shape index (κ2) is 8.71. The second-order valence-corrected chi connectivity index (χ2v) is 6.27. The summed E-state index contributed by atoms with van der Waals surface area (Å²) in [5.41, 5.74) is 2.06. The third-order valence-electron chi connectivity index (χ3n) is 3.78. The molecule has 2 aromatic carbocycles. The Bertz CT molecular complexity index is 691. The van der Waals surface area contributed by atoms with Crippen LogP contribution in [0.25, 0.3) is 0 Å². The largest absolute Gasteiger partial charge is 0.497 e. The van der Waals surface area contributed by atoms with Crippen molar-refractivity contribution in [3.8, 4) is 5.75 Å². The first-order chi connectivity index (χ1) is 11.5. The molecule has 0 spiro atoms. The van der Waals surface area contributed by atoms with Gasteiger partial charge in [-0.2, -0.15) is 0 Å². The molecule has 0 aliphatic heterocycles. The Labute approximate surface area is 148 Å². The molecule has 0 aliphatic carbocycles. The minimum Gasteiger partial charge on any atom is -0.497 e. The van der Waals surface area contributed by atoms with Crippen LogP contribution in [0.3, 0.4) is 0 Å². The highest BCUT2D eigenvalue weighted by Crippen LogP contribution is 2.17. The van der Waals surface area contributed by atoms with Gasteiger partial charge in [0, 0.05) is 25.2 Å². The Morgan fingerprint density at radius 2 is 1.83 bits per heavy atom. The van der Waals surface area contributed by atoms with Gasteiger partial charge < -0.3 is 9.64 Å². The van der Waals surface area contributed by atoms with Crippen LogP contribution >= 0.6 is 11.6 Å². The summed E-state index contributed by atoms with van der Waals surface area (Å²) in [6.45, 7) is 1.53. The average Bonchev–Trinajstić information content (AvgIpc) is 2.57. The summed E-state index contributed by atoms with van der Waals surface area (Å²) in [4.78, 5) is 16.1. The average molecular weight is 347 g/mol. The van der Waals surface area contributed by atoms with Crippen LogP contribution in [-0.4, -0.2) is 43.5 Å². The minimum absolute atomic E-state index is 0.0624. The maximum Gasteiger partial charge on any atom is 0.236 e. The van der Waals surface area contributed by atoms with Gasteiger partial charge in [-0.25, -0.2) is 0 Å². The number of halogens is 1. The van der Waals surface area contributed by atoms with Gasteiger partial charge in [-0.3, -0.25) is 9.69 Å². The molecular formula is C19H23ClN2O2. The molecule has 2 rings (SSSR count). The number of carbonyl (C=O) groups is 1. The normalized spacial score (nSPS) is 10.7. The maximum atomic E-state index is 12.4. The van der Waals surface area contributed by atoms with E-state index in [9.17, 15) is 4.79 Å². The molecule has 24 heavy (non-hydrogen) atoms. The third-order valence-corrected chi connectivity index (χ3v) is 4.15. The lowest BCUT2D eigenvalue weighted by Crippen LogP contribution is -2.36. The van der Waals surface area contributed by atoms with Gasteiger partial charge in [-0.15, -0.1) is 0 Å². The molecule has 0 aliphatic rings. The van der Waals surface area contributed by atoms with E-state index in [1.807, 2.05) is 67.5 Å². The first kappa shape index (κ1) is 18.3. The van der Waals surface area contributed by atoms with Crippen molar-refractivity contribution in [1.82, 2.24) is 9.80 Å². The Kier molecular flexibility index (Phi) is 6.64. The van der Waals surface area contributed by atoms with Crippen LogP contribution in [0.2, 0.25) is 5.02 Å². The van der Waals surface area contributed by atoms with Gasteiger partial charge in [-0.1, -0.05) is 41.9 Å². The van der Waals surface area contributed by atoms with Gasteiger partial charge in [0.25, 0.3) is 0 Å². The van der Waals surface area contributed by atoms with Crippen molar-refractivity contribution in [2.75, 3.05) is 27.7 Å². The Morgan fingerprint density at radius 3 is 2.54 bits per heavy atom.